The van der Waals surface area contributed by atoms with E-state index in [4.69, 9.17) is 4.74 Å². The minimum Gasteiger partial charge on any atom is -0.465 e. The Labute approximate surface area is 121 Å². The fourth-order valence-corrected chi connectivity index (χ4v) is 2.03. The van der Waals surface area contributed by atoms with E-state index in [1.165, 1.54) is 14.2 Å². The number of nitrogens with one attached hydrogen (secondary N) is 1. The van der Waals surface area contributed by atoms with Crippen LogP contribution in [0.4, 0.5) is 0 Å². The van der Waals surface area contributed by atoms with Crippen molar-refractivity contribution in [2.24, 2.45) is 0 Å². The summed E-state index contributed by atoms with van der Waals surface area (Å²) in [5, 5.41) is 12.6. The van der Waals surface area contributed by atoms with Crippen LogP contribution in [0.25, 0.3) is 0 Å². The number of aliphatic hydroxyl groups excluding tert-OH is 1. The lowest BCUT2D eigenvalue weighted by atomic mass is 10.1. The number of benzene rings is 1. The Morgan fingerprint density at radius 3 is 2.68 bits per heavy atom. The first-order valence-corrected chi connectivity index (χ1v) is 6.60. The quantitative estimate of drug-likeness (QED) is 0.613. The smallest absolute Gasteiger partial charge is 0.337 e. The first-order valence-electron chi connectivity index (χ1n) is 5.80. The molecule has 1 unspecified atom stereocenters. The van der Waals surface area contributed by atoms with Gasteiger partial charge in [-0.15, -0.1) is 0 Å². The first kappa shape index (κ1) is 16.1. The molecule has 0 spiro atoms. The molecule has 0 saturated carbocycles. The molecule has 0 radical (unpaired) electrons. The summed E-state index contributed by atoms with van der Waals surface area (Å²) in [5.74, 6) is -0.372. The van der Waals surface area contributed by atoms with Gasteiger partial charge in [-0.25, -0.2) is 4.79 Å². The zero-order valence-electron chi connectivity index (χ0n) is 11.1. The molecule has 5 nitrogen and oxygen atoms in total. The van der Waals surface area contributed by atoms with Crippen molar-refractivity contribution in [3.63, 3.8) is 0 Å². The van der Waals surface area contributed by atoms with Crippen LogP contribution in [-0.2, 0) is 16.0 Å². The molecule has 19 heavy (non-hydrogen) atoms. The van der Waals surface area contributed by atoms with Crippen LogP contribution >= 0.6 is 15.9 Å². The number of hydrogen-bond acceptors (Lipinski definition) is 5. The van der Waals surface area contributed by atoms with Gasteiger partial charge in [0.05, 0.1) is 18.7 Å². The summed E-state index contributed by atoms with van der Waals surface area (Å²) in [4.78, 5) is 11.4. The van der Waals surface area contributed by atoms with Crippen LogP contribution in [0.1, 0.15) is 22.8 Å². The van der Waals surface area contributed by atoms with Crippen molar-refractivity contribution in [2.45, 2.75) is 25.8 Å². The van der Waals surface area contributed by atoms with Crippen LogP contribution in [0.5, 0.6) is 0 Å². The molecule has 106 valence electrons. The van der Waals surface area contributed by atoms with Crippen molar-refractivity contribution in [3.05, 3.63) is 33.8 Å². The van der Waals surface area contributed by atoms with Gasteiger partial charge in [0.25, 0.3) is 0 Å². The number of methoxy groups -OCH3 is 2. The Bertz CT molecular complexity index is 439. The highest BCUT2D eigenvalue weighted by Crippen LogP contribution is 2.19. The highest BCUT2D eigenvalue weighted by Gasteiger charge is 2.13. The number of ether oxygens (including phenoxy) is 2. The molecule has 0 aliphatic heterocycles. The van der Waals surface area contributed by atoms with Crippen molar-refractivity contribution >= 4 is 21.9 Å². The molecule has 0 aliphatic carbocycles. The van der Waals surface area contributed by atoms with Crippen molar-refractivity contribution in [3.8, 4) is 0 Å². The zero-order valence-corrected chi connectivity index (χ0v) is 12.7. The van der Waals surface area contributed by atoms with Gasteiger partial charge in [0.2, 0.25) is 0 Å². The highest BCUT2D eigenvalue weighted by atomic mass is 79.9. The van der Waals surface area contributed by atoms with Crippen LogP contribution in [0, 0.1) is 0 Å². The maximum absolute atomic E-state index is 11.4. The molecule has 1 rings (SSSR count). The third-order valence-corrected chi connectivity index (χ3v) is 3.50. The van der Waals surface area contributed by atoms with E-state index in [1.807, 2.05) is 13.0 Å². The second-order valence-electron chi connectivity index (χ2n) is 4.09. The van der Waals surface area contributed by atoms with Gasteiger partial charge >= 0.3 is 5.97 Å². The Balaban J connectivity index is 2.68. The number of rotatable bonds is 6. The number of esters is 1. The number of aliphatic hydroxyl groups is 1. The largest absolute Gasteiger partial charge is 0.465 e. The standard InChI is InChI=1S/C13H18BrNO4/c1-8(12(16)18-2)15-7-10-5-4-9(6-11(10)14)13(17)19-3/h4-6,8,12,15-16H,7H2,1-3H3/t8-,12?/m1/s1. The summed E-state index contributed by atoms with van der Waals surface area (Å²) in [6.07, 6.45) is -0.854. The van der Waals surface area contributed by atoms with Gasteiger partial charge in [-0.3, -0.25) is 0 Å². The first-order chi connectivity index (χ1) is 8.99. The van der Waals surface area contributed by atoms with E-state index in [0.29, 0.717) is 12.1 Å². The second-order valence-corrected chi connectivity index (χ2v) is 4.95. The molecule has 1 aromatic carbocycles. The van der Waals surface area contributed by atoms with Gasteiger partial charge in [-0.1, -0.05) is 22.0 Å². The number of halogens is 1. The van der Waals surface area contributed by atoms with Crippen LogP contribution in [0.3, 0.4) is 0 Å². The summed E-state index contributed by atoms with van der Waals surface area (Å²) < 4.78 is 10.3. The molecule has 2 atom stereocenters. The molecule has 0 amide bonds. The van der Waals surface area contributed by atoms with Crippen molar-refractivity contribution in [1.82, 2.24) is 5.32 Å². The number of hydrogen-bond donors (Lipinski definition) is 2. The molecule has 6 heteroatoms. The second kappa shape index (κ2) is 7.59. The number of carbonyl (C=O) groups excluding carboxylic acids is 1. The molecular formula is C13H18BrNO4. The van der Waals surface area contributed by atoms with Gasteiger partial charge < -0.3 is 19.9 Å². The fourth-order valence-electron chi connectivity index (χ4n) is 1.51. The van der Waals surface area contributed by atoms with E-state index in [2.05, 4.69) is 26.0 Å². The third-order valence-electron chi connectivity index (χ3n) is 2.76. The predicted octanol–water partition coefficient (Wildman–Crippen LogP) is 1.68. The average Bonchev–Trinajstić information content (AvgIpc) is 2.43. The predicted molar refractivity (Wildman–Crippen MR) is 74.8 cm³/mol. The van der Waals surface area contributed by atoms with Crippen LogP contribution < -0.4 is 5.32 Å². The summed E-state index contributed by atoms with van der Waals surface area (Å²) in [7, 11) is 2.80. The third kappa shape index (κ3) is 4.58. The van der Waals surface area contributed by atoms with Gasteiger partial charge in [-0.2, -0.15) is 0 Å². The lowest BCUT2D eigenvalue weighted by molar-refractivity contribution is -0.0933. The molecule has 0 fully saturated rings. The molecule has 0 aromatic heterocycles. The maximum atomic E-state index is 11.4. The maximum Gasteiger partial charge on any atom is 0.337 e. The number of carbonyl (C=O) groups is 1. The van der Waals surface area contributed by atoms with Gasteiger partial charge in [0, 0.05) is 18.1 Å². The molecule has 1 aromatic rings. The lowest BCUT2D eigenvalue weighted by Crippen LogP contribution is -2.37. The van der Waals surface area contributed by atoms with Gasteiger partial charge in [-0.05, 0) is 24.6 Å². The Morgan fingerprint density at radius 2 is 2.16 bits per heavy atom. The van der Waals surface area contributed by atoms with Crippen molar-refractivity contribution in [1.29, 1.82) is 0 Å². The minimum atomic E-state index is -0.854. The summed E-state index contributed by atoms with van der Waals surface area (Å²) in [6.45, 7) is 2.37. The fraction of sp³-hybridized carbons (Fsp3) is 0.462. The minimum absolute atomic E-state index is 0.197. The normalized spacial score (nSPS) is 13.9. The van der Waals surface area contributed by atoms with Crippen molar-refractivity contribution < 1.29 is 19.4 Å². The van der Waals surface area contributed by atoms with E-state index in [9.17, 15) is 9.90 Å². The monoisotopic (exact) mass is 331 g/mol. The van der Waals surface area contributed by atoms with Crippen molar-refractivity contribution in [2.75, 3.05) is 14.2 Å². The lowest BCUT2D eigenvalue weighted by Gasteiger charge is -2.19. The van der Waals surface area contributed by atoms with E-state index in [-0.39, 0.29) is 12.0 Å². The van der Waals surface area contributed by atoms with Crippen LogP contribution in [0.15, 0.2) is 22.7 Å². The van der Waals surface area contributed by atoms with E-state index in [1.54, 1.807) is 12.1 Å². The van der Waals surface area contributed by atoms with E-state index < -0.39 is 6.29 Å². The molecule has 0 bridgehead atoms. The molecular weight excluding hydrogens is 314 g/mol. The summed E-state index contributed by atoms with van der Waals surface area (Å²) in [6, 6.07) is 5.04. The zero-order chi connectivity index (χ0) is 14.4. The summed E-state index contributed by atoms with van der Waals surface area (Å²) >= 11 is 3.41. The van der Waals surface area contributed by atoms with Crippen LogP contribution in [-0.4, -0.2) is 37.6 Å². The molecule has 0 aliphatic rings. The van der Waals surface area contributed by atoms with E-state index >= 15 is 0 Å². The van der Waals surface area contributed by atoms with E-state index in [0.717, 1.165) is 10.0 Å². The van der Waals surface area contributed by atoms with Gasteiger partial charge in [0.15, 0.2) is 6.29 Å². The molecule has 2 N–H and O–H groups in total. The SMILES string of the molecule is COC(=O)c1ccc(CN[C@H](C)C(O)OC)c(Br)c1. The topological polar surface area (TPSA) is 67.8 Å². The van der Waals surface area contributed by atoms with Gasteiger partial charge in [0.1, 0.15) is 0 Å². The summed E-state index contributed by atoms with van der Waals surface area (Å²) in [5.41, 5.74) is 1.46. The Hall–Kier alpha value is -0.950. The average molecular weight is 332 g/mol. The Kier molecular flexibility index (Phi) is 6.44. The Morgan fingerprint density at radius 1 is 1.47 bits per heavy atom. The van der Waals surface area contributed by atoms with Crippen LogP contribution in [0.2, 0.25) is 0 Å². The molecule has 0 heterocycles. The highest BCUT2D eigenvalue weighted by molar-refractivity contribution is 9.10. The molecule has 0 saturated heterocycles.